The fraction of sp³-hybridized carbons (Fsp3) is 0.538. The molecule has 0 atom stereocenters. The summed E-state index contributed by atoms with van der Waals surface area (Å²) in [6, 6.07) is 5.67. The Bertz CT molecular complexity index is 374. The number of ether oxygens (including phenoxy) is 1. The van der Waals surface area contributed by atoms with Gasteiger partial charge in [0.1, 0.15) is 12.4 Å². The highest BCUT2D eigenvalue weighted by atomic mass is 19.1. The van der Waals surface area contributed by atoms with Gasteiger partial charge in [-0.3, -0.25) is 0 Å². The summed E-state index contributed by atoms with van der Waals surface area (Å²) in [5.41, 5.74) is 7.76. The number of benzene rings is 1. The van der Waals surface area contributed by atoms with Gasteiger partial charge in [0.2, 0.25) is 0 Å². The van der Waals surface area contributed by atoms with Gasteiger partial charge in [-0.25, -0.2) is 4.39 Å². The van der Waals surface area contributed by atoms with E-state index in [9.17, 15) is 4.39 Å². The van der Waals surface area contributed by atoms with E-state index in [2.05, 4.69) is 0 Å². The van der Waals surface area contributed by atoms with Gasteiger partial charge in [0.05, 0.1) is 7.11 Å². The topological polar surface area (TPSA) is 35.2 Å². The molecule has 0 radical (unpaired) electrons. The van der Waals surface area contributed by atoms with E-state index in [0.717, 1.165) is 31.2 Å². The SMILES string of the molecule is COc1cccc(CCC2(N)CC2)c1CF. The third-order valence-corrected chi connectivity index (χ3v) is 3.37. The fourth-order valence-electron chi connectivity index (χ4n) is 1.98. The molecule has 2 N–H and O–H groups in total. The number of alkyl halides is 1. The van der Waals surface area contributed by atoms with Crippen molar-refractivity contribution in [2.75, 3.05) is 7.11 Å². The molecule has 2 nitrogen and oxygen atoms in total. The van der Waals surface area contributed by atoms with Crippen LogP contribution in [-0.4, -0.2) is 12.6 Å². The maximum absolute atomic E-state index is 13.0. The van der Waals surface area contributed by atoms with Gasteiger partial charge >= 0.3 is 0 Å². The van der Waals surface area contributed by atoms with Crippen LogP contribution in [0.2, 0.25) is 0 Å². The quantitative estimate of drug-likeness (QED) is 0.832. The number of halogens is 1. The Morgan fingerprint density at radius 3 is 2.75 bits per heavy atom. The average molecular weight is 223 g/mol. The van der Waals surface area contributed by atoms with Crippen molar-refractivity contribution in [1.82, 2.24) is 0 Å². The van der Waals surface area contributed by atoms with Crippen LogP contribution in [0.4, 0.5) is 4.39 Å². The molecule has 1 aliphatic rings. The van der Waals surface area contributed by atoms with Crippen LogP contribution < -0.4 is 10.5 Å². The molecular weight excluding hydrogens is 205 g/mol. The highest BCUT2D eigenvalue weighted by Crippen LogP contribution is 2.37. The molecule has 16 heavy (non-hydrogen) atoms. The van der Waals surface area contributed by atoms with Gasteiger partial charge in [0, 0.05) is 11.1 Å². The number of rotatable bonds is 5. The van der Waals surface area contributed by atoms with Crippen molar-refractivity contribution < 1.29 is 9.13 Å². The second-order valence-electron chi connectivity index (χ2n) is 4.59. The fourth-order valence-corrected chi connectivity index (χ4v) is 1.98. The summed E-state index contributed by atoms with van der Waals surface area (Å²) < 4.78 is 18.1. The van der Waals surface area contributed by atoms with Crippen LogP contribution in [0.5, 0.6) is 5.75 Å². The Hall–Kier alpha value is -1.09. The molecule has 3 heteroatoms. The monoisotopic (exact) mass is 223 g/mol. The predicted molar refractivity (Wildman–Crippen MR) is 62.3 cm³/mol. The zero-order valence-corrected chi connectivity index (χ0v) is 9.63. The van der Waals surface area contributed by atoms with Gasteiger partial charge < -0.3 is 10.5 Å². The van der Waals surface area contributed by atoms with Gasteiger partial charge in [-0.15, -0.1) is 0 Å². The lowest BCUT2D eigenvalue weighted by atomic mass is 9.99. The third kappa shape index (κ3) is 2.35. The van der Waals surface area contributed by atoms with Crippen LogP contribution in [0.1, 0.15) is 30.4 Å². The van der Waals surface area contributed by atoms with Gasteiger partial charge in [-0.05, 0) is 37.3 Å². The van der Waals surface area contributed by atoms with Crippen molar-refractivity contribution in [3.05, 3.63) is 29.3 Å². The van der Waals surface area contributed by atoms with Crippen molar-refractivity contribution in [3.8, 4) is 5.75 Å². The van der Waals surface area contributed by atoms with Crippen molar-refractivity contribution in [2.24, 2.45) is 5.73 Å². The lowest BCUT2D eigenvalue weighted by molar-refractivity contribution is 0.392. The minimum atomic E-state index is -0.475. The number of hydrogen-bond acceptors (Lipinski definition) is 2. The molecule has 0 saturated heterocycles. The molecule has 0 heterocycles. The van der Waals surface area contributed by atoms with Crippen LogP contribution in [0.3, 0.4) is 0 Å². The first-order valence-corrected chi connectivity index (χ1v) is 5.68. The lowest BCUT2D eigenvalue weighted by Gasteiger charge is -2.13. The minimum Gasteiger partial charge on any atom is -0.496 e. The van der Waals surface area contributed by atoms with E-state index in [-0.39, 0.29) is 5.54 Å². The van der Waals surface area contributed by atoms with Crippen molar-refractivity contribution >= 4 is 0 Å². The molecule has 0 spiro atoms. The molecule has 0 aromatic heterocycles. The van der Waals surface area contributed by atoms with E-state index in [1.54, 1.807) is 13.2 Å². The Labute approximate surface area is 95.6 Å². The van der Waals surface area contributed by atoms with Gasteiger partial charge in [0.25, 0.3) is 0 Å². The summed E-state index contributed by atoms with van der Waals surface area (Å²) in [6.07, 6.45) is 3.98. The Balaban J connectivity index is 2.12. The lowest BCUT2D eigenvalue weighted by Crippen LogP contribution is -2.22. The van der Waals surface area contributed by atoms with Crippen LogP contribution in [0.25, 0.3) is 0 Å². The van der Waals surface area contributed by atoms with Crippen LogP contribution in [0, 0.1) is 0 Å². The minimum absolute atomic E-state index is 0.0245. The second kappa shape index (κ2) is 4.42. The maximum atomic E-state index is 13.0. The summed E-state index contributed by atoms with van der Waals surface area (Å²) in [5.74, 6) is 0.641. The normalized spacial score (nSPS) is 17.2. The standard InChI is InChI=1S/C13H18FNO/c1-16-12-4-2-3-10(11(12)9-14)5-6-13(15)7-8-13/h2-4H,5-9,15H2,1H3. The smallest absolute Gasteiger partial charge is 0.124 e. The molecule has 1 aromatic carbocycles. The highest BCUT2D eigenvalue weighted by Gasteiger charge is 2.37. The molecule has 1 aliphatic carbocycles. The van der Waals surface area contributed by atoms with E-state index in [4.69, 9.17) is 10.5 Å². The first-order chi connectivity index (χ1) is 7.68. The molecule has 0 unspecified atom stereocenters. The van der Waals surface area contributed by atoms with E-state index < -0.39 is 6.67 Å². The summed E-state index contributed by atoms with van der Waals surface area (Å²) in [4.78, 5) is 0. The van der Waals surface area contributed by atoms with E-state index in [0.29, 0.717) is 11.3 Å². The predicted octanol–water partition coefficient (Wildman–Crippen LogP) is 2.59. The molecule has 0 aliphatic heterocycles. The molecule has 0 bridgehead atoms. The largest absolute Gasteiger partial charge is 0.496 e. The Kier molecular flexibility index (Phi) is 3.15. The number of nitrogens with two attached hydrogens (primary N) is 1. The molecule has 0 amide bonds. The zero-order chi connectivity index (χ0) is 11.6. The Morgan fingerprint density at radius 2 is 2.19 bits per heavy atom. The van der Waals surface area contributed by atoms with Crippen molar-refractivity contribution in [1.29, 1.82) is 0 Å². The third-order valence-electron chi connectivity index (χ3n) is 3.37. The Morgan fingerprint density at radius 1 is 1.44 bits per heavy atom. The molecule has 2 rings (SSSR count). The first-order valence-electron chi connectivity index (χ1n) is 5.68. The molecule has 1 saturated carbocycles. The summed E-state index contributed by atoms with van der Waals surface area (Å²) >= 11 is 0. The van der Waals surface area contributed by atoms with E-state index in [1.807, 2.05) is 12.1 Å². The van der Waals surface area contributed by atoms with Crippen molar-refractivity contribution in [2.45, 2.75) is 37.9 Å². The first kappa shape index (κ1) is 11.4. The van der Waals surface area contributed by atoms with E-state index >= 15 is 0 Å². The summed E-state index contributed by atoms with van der Waals surface area (Å²) in [6.45, 7) is -0.475. The highest BCUT2D eigenvalue weighted by molar-refractivity contribution is 5.40. The van der Waals surface area contributed by atoms with Crippen LogP contribution in [-0.2, 0) is 13.1 Å². The molecule has 88 valence electrons. The second-order valence-corrected chi connectivity index (χ2v) is 4.59. The summed E-state index contributed by atoms with van der Waals surface area (Å²) in [7, 11) is 1.57. The number of methoxy groups -OCH3 is 1. The van der Waals surface area contributed by atoms with Gasteiger partial charge in [0.15, 0.2) is 0 Å². The number of hydrogen-bond donors (Lipinski definition) is 1. The van der Waals surface area contributed by atoms with Gasteiger partial charge in [-0.1, -0.05) is 12.1 Å². The molecular formula is C13H18FNO. The molecule has 1 fully saturated rings. The van der Waals surface area contributed by atoms with E-state index in [1.165, 1.54) is 0 Å². The van der Waals surface area contributed by atoms with Crippen LogP contribution >= 0.6 is 0 Å². The van der Waals surface area contributed by atoms with Crippen LogP contribution in [0.15, 0.2) is 18.2 Å². The number of aryl methyl sites for hydroxylation is 1. The zero-order valence-electron chi connectivity index (χ0n) is 9.63. The van der Waals surface area contributed by atoms with Crippen molar-refractivity contribution in [3.63, 3.8) is 0 Å². The summed E-state index contributed by atoms with van der Waals surface area (Å²) in [5, 5.41) is 0. The average Bonchev–Trinajstić information content (AvgIpc) is 3.04. The maximum Gasteiger partial charge on any atom is 0.124 e. The van der Waals surface area contributed by atoms with Gasteiger partial charge in [-0.2, -0.15) is 0 Å². The molecule has 1 aromatic rings.